The van der Waals surface area contributed by atoms with Gasteiger partial charge in [0, 0.05) is 21.7 Å². The first-order chi connectivity index (χ1) is 10.0. The number of benzene rings is 2. The Morgan fingerprint density at radius 3 is 2.62 bits per heavy atom. The Morgan fingerprint density at radius 2 is 2.00 bits per heavy atom. The summed E-state index contributed by atoms with van der Waals surface area (Å²) in [7, 11) is 1.59. The lowest BCUT2D eigenvalue weighted by molar-refractivity contribution is 0.194. The molecule has 2 aromatic rings. The molecule has 0 spiro atoms. The number of aliphatic hydroxyl groups excluding tert-OH is 1. The van der Waals surface area contributed by atoms with Gasteiger partial charge in [0.1, 0.15) is 23.9 Å². The van der Waals surface area contributed by atoms with E-state index in [-0.39, 0.29) is 12.2 Å². The molecular weight excluding hydrogens is 339 g/mol. The first-order valence-corrected chi connectivity index (χ1v) is 7.23. The van der Waals surface area contributed by atoms with Crippen molar-refractivity contribution in [2.75, 3.05) is 7.11 Å². The zero-order chi connectivity index (χ0) is 15.4. The topological polar surface area (TPSA) is 38.7 Å². The van der Waals surface area contributed by atoms with Crippen molar-refractivity contribution in [1.82, 2.24) is 0 Å². The summed E-state index contributed by atoms with van der Waals surface area (Å²) in [6.45, 7) is 1.78. The molecule has 0 aliphatic carbocycles. The van der Waals surface area contributed by atoms with Gasteiger partial charge >= 0.3 is 0 Å². The lowest BCUT2D eigenvalue weighted by Gasteiger charge is -2.12. The van der Waals surface area contributed by atoms with E-state index in [0.717, 1.165) is 10.0 Å². The van der Waals surface area contributed by atoms with Gasteiger partial charge in [-0.15, -0.1) is 0 Å². The van der Waals surface area contributed by atoms with Crippen molar-refractivity contribution in [3.05, 3.63) is 57.8 Å². The maximum Gasteiger partial charge on any atom is 0.132 e. The smallest absolute Gasteiger partial charge is 0.132 e. The Labute approximate surface area is 131 Å². The van der Waals surface area contributed by atoms with Gasteiger partial charge in [-0.05, 0) is 37.3 Å². The molecule has 2 rings (SSSR count). The molecule has 0 saturated carbocycles. The van der Waals surface area contributed by atoms with E-state index in [2.05, 4.69) is 15.9 Å². The van der Waals surface area contributed by atoms with E-state index in [0.29, 0.717) is 11.5 Å². The molecule has 112 valence electrons. The zero-order valence-electron chi connectivity index (χ0n) is 11.8. The van der Waals surface area contributed by atoms with Crippen LogP contribution in [0.1, 0.15) is 24.2 Å². The second kappa shape index (κ2) is 6.91. The van der Waals surface area contributed by atoms with Crippen LogP contribution in [-0.2, 0) is 6.61 Å². The minimum absolute atomic E-state index is 0.252. The van der Waals surface area contributed by atoms with Crippen LogP contribution in [0.5, 0.6) is 11.5 Å². The molecule has 0 aliphatic heterocycles. The van der Waals surface area contributed by atoms with Crippen molar-refractivity contribution in [3.8, 4) is 11.5 Å². The molecule has 0 bridgehead atoms. The van der Waals surface area contributed by atoms with Crippen molar-refractivity contribution in [1.29, 1.82) is 0 Å². The lowest BCUT2D eigenvalue weighted by Crippen LogP contribution is -2.01. The molecule has 0 aliphatic rings. The summed E-state index contributed by atoms with van der Waals surface area (Å²) in [6.07, 6.45) is -0.843. The molecule has 0 amide bonds. The van der Waals surface area contributed by atoms with E-state index in [1.165, 1.54) is 19.1 Å². The van der Waals surface area contributed by atoms with Crippen molar-refractivity contribution in [2.24, 2.45) is 0 Å². The highest BCUT2D eigenvalue weighted by Gasteiger charge is 2.10. The number of ether oxygens (including phenoxy) is 2. The lowest BCUT2D eigenvalue weighted by atomic mass is 10.1. The average molecular weight is 355 g/mol. The van der Waals surface area contributed by atoms with Gasteiger partial charge in [0.15, 0.2) is 0 Å². The van der Waals surface area contributed by atoms with E-state index >= 15 is 0 Å². The first-order valence-electron chi connectivity index (χ1n) is 6.44. The molecule has 0 heterocycles. The summed E-state index contributed by atoms with van der Waals surface area (Å²) in [4.78, 5) is 0. The fourth-order valence-corrected chi connectivity index (χ4v) is 2.37. The normalized spacial score (nSPS) is 12.0. The van der Waals surface area contributed by atoms with E-state index < -0.39 is 11.9 Å². The predicted molar refractivity (Wildman–Crippen MR) is 82.1 cm³/mol. The number of aliphatic hydroxyl groups is 1. The van der Waals surface area contributed by atoms with Gasteiger partial charge < -0.3 is 14.6 Å². The maximum atomic E-state index is 13.8. The molecular formula is C16H16BrFO3. The minimum atomic E-state index is -0.843. The number of hydrogen-bond acceptors (Lipinski definition) is 3. The van der Waals surface area contributed by atoms with Crippen LogP contribution in [0, 0.1) is 5.82 Å². The van der Waals surface area contributed by atoms with Crippen LogP contribution in [0.2, 0.25) is 0 Å². The first kappa shape index (κ1) is 15.8. The van der Waals surface area contributed by atoms with Crippen LogP contribution >= 0.6 is 15.9 Å². The van der Waals surface area contributed by atoms with Crippen molar-refractivity contribution >= 4 is 15.9 Å². The van der Waals surface area contributed by atoms with Crippen LogP contribution in [0.25, 0.3) is 0 Å². The summed E-state index contributed by atoms with van der Waals surface area (Å²) in [5.74, 6) is 0.627. The van der Waals surface area contributed by atoms with Crippen molar-refractivity contribution in [3.63, 3.8) is 0 Å². The van der Waals surface area contributed by atoms with E-state index in [4.69, 9.17) is 9.47 Å². The molecule has 0 unspecified atom stereocenters. The molecule has 0 aromatic heterocycles. The van der Waals surface area contributed by atoms with Crippen LogP contribution < -0.4 is 9.47 Å². The van der Waals surface area contributed by atoms with Gasteiger partial charge in [-0.3, -0.25) is 0 Å². The Hall–Kier alpha value is -1.59. The molecule has 2 aromatic carbocycles. The molecule has 1 atom stereocenters. The molecule has 3 nitrogen and oxygen atoms in total. The van der Waals surface area contributed by atoms with Gasteiger partial charge in [0.05, 0.1) is 13.2 Å². The quantitative estimate of drug-likeness (QED) is 0.873. The van der Waals surface area contributed by atoms with Gasteiger partial charge in [0.2, 0.25) is 0 Å². The van der Waals surface area contributed by atoms with E-state index in [1.807, 2.05) is 18.2 Å². The maximum absolute atomic E-state index is 13.8. The molecule has 0 fully saturated rings. The predicted octanol–water partition coefficient (Wildman–Crippen LogP) is 4.23. The van der Waals surface area contributed by atoms with Crippen molar-refractivity contribution in [2.45, 2.75) is 19.6 Å². The van der Waals surface area contributed by atoms with Crippen molar-refractivity contribution < 1.29 is 19.0 Å². The largest absolute Gasteiger partial charge is 0.496 e. The summed E-state index contributed by atoms with van der Waals surface area (Å²) in [5, 5.41) is 9.40. The number of methoxy groups -OCH3 is 1. The highest BCUT2D eigenvalue weighted by Crippen LogP contribution is 2.26. The summed E-state index contributed by atoms with van der Waals surface area (Å²) in [6, 6.07) is 10.0. The second-order valence-electron chi connectivity index (χ2n) is 4.60. The summed E-state index contributed by atoms with van der Waals surface area (Å²) >= 11 is 3.39. The van der Waals surface area contributed by atoms with Gasteiger partial charge in [-0.1, -0.05) is 15.9 Å². The third kappa shape index (κ3) is 3.95. The minimum Gasteiger partial charge on any atom is -0.496 e. The number of rotatable bonds is 5. The fourth-order valence-electron chi connectivity index (χ4n) is 1.96. The van der Waals surface area contributed by atoms with Crippen LogP contribution in [-0.4, -0.2) is 12.2 Å². The average Bonchev–Trinajstić information content (AvgIpc) is 2.45. The molecule has 5 heteroatoms. The van der Waals surface area contributed by atoms with Gasteiger partial charge in [-0.2, -0.15) is 0 Å². The third-order valence-electron chi connectivity index (χ3n) is 3.06. The number of hydrogen-bond donors (Lipinski definition) is 1. The molecule has 0 radical (unpaired) electrons. The Kier molecular flexibility index (Phi) is 5.20. The fraction of sp³-hybridized carbons (Fsp3) is 0.250. The third-order valence-corrected chi connectivity index (χ3v) is 3.55. The highest BCUT2D eigenvalue weighted by atomic mass is 79.9. The SMILES string of the molecule is COc1ccc(Br)cc1COc1ccc([C@H](C)O)c(F)c1. The monoisotopic (exact) mass is 354 g/mol. The highest BCUT2D eigenvalue weighted by molar-refractivity contribution is 9.10. The zero-order valence-corrected chi connectivity index (χ0v) is 13.4. The molecule has 0 saturated heterocycles. The van der Waals surface area contributed by atoms with Crippen LogP contribution in [0.3, 0.4) is 0 Å². The van der Waals surface area contributed by atoms with Gasteiger partial charge in [0.25, 0.3) is 0 Å². The summed E-state index contributed by atoms with van der Waals surface area (Å²) in [5.41, 5.74) is 1.11. The Balaban J connectivity index is 2.13. The Morgan fingerprint density at radius 1 is 1.24 bits per heavy atom. The van der Waals surface area contributed by atoms with Crippen LogP contribution in [0.15, 0.2) is 40.9 Å². The van der Waals surface area contributed by atoms with E-state index in [9.17, 15) is 9.50 Å². The number of halogens is 2. The standard InChI is InChI=1S/C16H16BrFO3/c1-10(19)14-5-4-13(8-15(14)18)21-9-11-7-12(17)3-6-16(11)20-2/h3-8,10,19H,9H2,1-2H3/t10-/m0/s1. The molecule has 1 N–H and O–H groups in total. The second-order valence-corrected chi connectivity index (χ2v) is 5.52. The van der Waals surface area contributed by atoms with Crippen LogP contribution in [0.4, 0.5) is 4.39 Å². The Bertz CT molecular complexity index is 629. The van der Waals surface area contributed by atoms with Gasteiger partial charge in [-0.25, -0.2) is 4.39 Å². The van der Waals surface area contributed by atoms with E-state index in [1.54, 1.807) is 13.2 Å². The molecule has 21 heavy (non-hydrogen) atoms. The summed E-state index contributed by atoms with van der Waals surface area (Å²) < 4.78 is 25.5.